The van der Waals surface area contributed by atoms with Gasteiger partial charge in [0.05, 0.1) is 11.1 Å². The molecule has 0 aromatic heterocycles. The van der Waals surface area contributed by atoms with Crippen LogP contribution in [0.25, 0.3) is 0 Å². The largest absolute Gasteiger partial charge is 0.384 e. The van der Waals surface area contributed by atoms with E-state index in [0.29, 0.717) is 18.7 Å². The predicted octanol–water partition coefficient (Wildman–Crippen LogP) is 1.09. The van der Waals surface area contributed by atoms with Crippen LogP contribution in [0.1, 0.15) is 79.0 Å². The summed E-state index contributed by atoms with van der Waals surface area (Å²) in [6.07, 6.45) is 4.89. The molecular formula is C25H33N5O6. The van der Waals surface area contributed by atoms with Crippen LogP contribution in [0.5, 0.6) is 0 Å². The summed E-state index contributed by atoms with van der Waals surface area (Å²) >= 11 is 0. The molecule has 0 spiro atoms. The van der Waals surface area contributed by atoms with E-state index in [-0.39, 0.29) is 35.8 Å². The molecule has 36 heavy (non-hydrogen) atoms. The molecule has 11 heteroatoms. The van der Waals surface area contributed by atoms with Crippen molar-refractivity contribution in [3.05, 3.63) is 29.3 Å². The van der Waals surface area contributed by atoms with E-state index in [1.807, 2.05) is 0 Å². The van der Waals surface area contributed by atoms with Crippen molar-refractivity contribution in [2.75, 3.05) is 18.9 Å². The molecule has 2 heterocycles. The molecule has 6 amide bonds. The fraction of sp³-hybridized carbons (Fsp3) is 0.520. The Hall–Kier alpha value is -3.76. The number of piperidine rings is 1. The normalized spacial score (nSPS) is 17.9. The number of anilines is 1. The van der Waals surface area contributed by atoms with Gasteiger partial charge in [-0.15, -0.1) is 0 Å². The van der Waals surface area contributed by atoms with Crippen LogP contribution in [0.4, 0.5) is 5.69 Å². The van der Waals surface area contributed by atoms with Gasteiger partial charge in [0.25, 0.3) is 11.8 Å². The van der Waals surface area contributed by atoms with Crippen molar-refractivity contribution in [3.63, 3.8) is 0 Å². The van der Waals surface area contributed by atoms with Crippen LogP contribution in [0.2, 0.25) is 0 Å². The highest BCUT2D eigenvalue weighted by Gasteiger charge is 2.45. The van der Waals surface area contributed by atoms with Crippen molar-refractivity contribution in [1.29, 1.82) is 0 Å². The van der Waals surface area contributed by atoms with Crippen molar-refractivity contribution in [2.45, 2.75) is 70.4 Å². The third-order valence-electron chi connectivity index (χ3n) is 6.38. The zero-order valence-corrected chi connectivity index (χ0v) is 20.6. The number of amides is 6. The van der Waals surface area contributed by atoms with Crippen molar-refractivity contribution >= 4 is 41.1 Å². The van der Waals surface area contributed by atoms with Gasteiger partial charge < -0.3 is 16.0 Å². The maximum Gasteiger partial charge on any atom is 0.264 e. The van der Waals surface area contributed by atoms with Crippen LogP contribution in [0, 0.1) is 0 Å². The monoisotopic (exact) mass is 499 g/mol. The van der Waals surface area contributed by atoms with Crippen molar-refractivity contribution in [3.8, 4) is 0 Å². The van der Waals surface area contributed by atoms with Gasteiger partial charge in [-0.3, -0.25) is 39.0 Å². The van der Waals surface area contributed by atoms with Gasteiger partial charge >= 0.3 is 0 Å². The summed E-state index contributed by atoms with van der Waals surface area (Å²) in [5, 5.41) is 10.6. The molecule has 2 aliphatic rings. The van der Waals surface area contributed by atoms with E-state index in [0.717, 1.165) is 37.0 Å². The second-order valence-corrected chi connectivity index (χ2v) is 9.02. The van der Waals surface area contributed by atoms with Crippen LogP contribution in [0.3, 0.4) is 0 Å². The lowest BCUT2D eigenvalue weighted by Crippen LogP contribution is -2.54. The van der Waals surface area contributed by atoms with E-state index in [2.05, 4.69) is 21.3 Å². The molecule has 1 fully saturated rings. The molecule has 0 saturated carbocycles. The number of fused-ring (bicyclic) bond motifs is 1. The topological polar surface area (TPSA) is 154 Å². The fourth-order valence-electron chi connectivity index (χ4n) is 4.42. The lowest BCUT2D eigenvalue weighted by molar-refractivity contribution is -0.136. The molecule has 4 N–H and O–H groups in total. The van der Waals surface area contributed by atoms with Gasteiger partial charge in [-0.1, -0.05) is 25.3 Å². The highest BCUT2D eigenvalue weighted by atomic mass is 16.2. The van der Waals surface area contributed by atoms with Gasteiger partial charge in [-0.25, -0.2) is 0 Å². The first kappa shape index (κ1) is 26.8. The van der Waals surface area contributed by atoms with Crippen LogP contribution >= 0.6 is 0 Å². The van der Waals surface area contributed by atoms with Gasteiger partial charge in [0, 0.05) is 32.1 Å². The minimum absolute atomic E-state index is 0.0781. The first-order valence-electron chi connectivity index (χ1n) is 12.3. The zero-order valence-electron chi connectivity index (χ0n) is 20.6. The number of hydrogen-bond donors (Lipinski definition) is 4. The molecule has 2 aliphatic heterocycles. The number of unbranched alkanes of at least 4 members (excludes halogenated alkanes) is 4. The highest BCUT2D eigenvalue weighted by Crippen LogP contribution is 2.32. The summed E-state index contributed by atoms with van der Waals surface area (Å²) in [7, 11) is 1.53. The van der Waals surface area contributed by atoms with E-state index in [1.165, 1.54) is 7.05 Å². The lowest BCUT2D eigenvalue weighted by Gasteiger charge is -2.27. The average Bonchev–Trinajstić information content (AvgIpc) is 3.10. The first-order valence-corrected chi connectivity index (χ1v) is 12.3. The number of benzene rings is 1. The Morgan fingerprint density at radius 3 is 2.50 bits per heavy atom. The Labute approximate surface area is 209 Å². The lowest BCUT2D eigenvalue weighted by atomic mass is 10.0. The number of carbonyl (C=O) groups is 6. The van der Waals surface area contributed by atoms with E-state index in [9.17, 15) is 28.8 Å². The number of hydrogen-bond acceptors (Lipinski definition) is 7. The molecule has 0 bridgehead atoms. The minimum atomic E-state index is -0.989. The second kappa shape index (κ2) is 12.3. The molecule has 11 nitrogen and oxygen atoms in total. The Morgan fingerprint density at radius 2 is 1.78 bits per heavy atom. The zero-order chi connectivity index (χ0) is 26.2. The maximum absolute atomic E-state index is 13.1. The average molecular weight is 500 g/mol. The third-order valence-corrected chi connectivity index (χ3v) is 6.38. The van der Waals surface area contributed by atoms with E-state index in [1.54, 1.807) is 25.1 Å². The molecule has 1 aromatic rings. The van der Waals surface area contributed by atoms with E-state index < -0.39 is 35.7 Å². The highest BCUT2D eigenvalue weighted by molar-refractivity contribution is 6.25. The molecular weight excluding hydrogens is 466 g/mol. The van der Waals surface area contributed by atoms with Crippen LogP contribution in [-0.4, -0.2) is 66.0 Å². The van der Waals surface area contributed by atoms with Crippen molar-refractivity contribution in [2.24, 2.45) is 0 Å². The second-order valence-electron chi connectivity index (χ2n) is 9.02. The van der Waals surface area contributed by atoms with Gasteiger partial charge in [0.1, 0.15) is 12.1 Å². The van der Waals surface area contributed by atoms with Crippen LogP contribution in [0.15, 0.2) is 18.2 Å². The number of rotatable bonds is 12. The Balaban J connectivity index is 1.42. The summed E-state index contributed by atoms with van der Waals surface area (Å²) in [6, 6.07) is 3.45. The summed E-state index contributed by atoms with van der Waals surface area (Å²) in [5.74, 6) is -2.47. The summed E-state index contributed by atoms with van der Waals surface area (Å²) in [6.45, 7) is 2.24. The summed E-state index contributed by atoms with van der Waals surface area (Å²) < 4.78 is 0. The van der Waals surface area contributed by atoms with E-state index >= 15 is 0 Å². The molecule has 1 aromatic carbocycles. The standard InChI is InChI=1S/C25H33N5O6/c1-15(22(33)26-2)28-19(31)11-6-4-3-5-7-14-27-17-10-8-9-16-21(17)25(36)30(24(16)35)18-12-13-20(32)29-23(18)34/h8-10,15,18,27H,3-7,11-14H2,1-2H3,(H,26,33)(H,28,31)(H,29,32,34)/t15-,18?/m0/s1. The van der Waals surface area contributed by atoms with Gasteiger partial charge in [0.2, 0.25) is 23.6 Å². The SMILES string of the molecule is CNC(=O)[C@H](C)NC(=O)CCCCCCCNc1cccc2c1C(=O)N(C1CCC(=O)NC1=O)C2=O. The first-order chi connectivity index (χ1) is 17.2. The van der Waals surface area contributed by atoms with Gasteiger partial charge in [-0.05, 0) is 38.3 Å². The Kier molecular flexibility index (Phi) is 9.15. The number of nitrogens with zero attached hydrogens (tertiary/aromatic N) is 1. The molecule has 3 rings (SSSR count). The maximum atomic E-state index is 13.1. The molecule has 2 atom stereocenters. The smallest absolute Gasteiger partial charge is 0.264 e. The number of carbonyl (C=O) groups excluding carboxylic acids is 6. The Bertz CT molecular complexity index is 1060. The number of nitrogens with one attached hydrogen (secondary N) is 4. The van der Waals surface area contributed by atoms with Gasteiger partial charge in [0.15, 0.2) is 0 Å². The van der Waals surface area contributed by atoms with Crippen molar-refractivity contribution in [1.82, 2.24) is 20.9 Å². The van der Waals surface area contributed by atoms with Gasteiger partial charge in [-0.2, -0.15) is 0 Å². The molecule has 1 unspecified atom stereocenters. The minimum Gasteiger partial charge on any atom is -0.384 e. The van der Waals surface area contributed by atoms with Crippen molar-refractivity contribution < 1.29 is 28.8 Å². The fourth-order valence-corrected chi connectivity index (χ4v) is 4.42. The summed E-state index contributed by atoms with van der Waals surface area (Å²) in [5.41, 5.74) is 1.05. The number of imide groups is 2. The quantitative estimate of drug-likeness (QED) is 0.248. The van der Waals surface area contributed by atoms with Crippen LogP contribution < -0.4 is 21.3 Å². The summed E-state index contributed by atoms with van der Waals surface area (Å²) in [4.78, 5) is 73.9. The Morgan fingerprint density at radius 1 is 1.06 bits per heavy atom. The van der Waals surface area contributed by atoms with E-state index in [4.69, 9.17) is 0 Å². The molecule has 0 radical (unpaired) electrons. The third kappa shape index (κ3) is 6.27. The van der Waals surface area contributed by atoms with Crippen LogP contribution in [-0.2, 0) is 19.2 Å². The predicted molar refractivity (Wildman–Crippen MR) is 131 cm³/mol. The molecule has 1 saturated heterocycles. The molecule has 194 valence electrons. The molecule has 0 aliphatic carbocycles. The number of likely N-dealkylation sites (N-methyl/N-ethyl adjacent to an activating group) is 1.